The molecule has 3 aromatic carbocycles. The quantitative estimate of drug-likeness (QED) is 0.605. The molecule has 0 bridgehead atoms. The fourth-order valence-electron chi connectivity index (χ4n) is 2.98. The molecule has 0 unspecified atom stereocenters. The Morgan fingerprint density at radius 2 is 1.62 bits per heavy atom. The Balaban J connectivity index is 1.72. The molecule has 1 amide bonds. The molecule has 0 aliphatic heterocycles. The summed E-state index contributed by atoms with van der Waals surface area (Å²) in [7, 11) is 0. The Morgan fingerprint density at radius 1 is 0.931 bits per heavy atom. The van der Waals surface area contributed by atoms with Crippen LogP contribution in [0.4, 0.5) is 18.9 Å². The number of carbonyl (C=O) groups is 1. The van der Waals surface area contributed by atoms with Crippen LogP contribution in [0.5, 0.6) is 5.75 Å². The molecule has 3 rings (SSSR count). The highest BCUT2D eigenvalue weighted by molar-refractivity contribution is 5.91. The Kier molecular flexibility index (Phi) is 6.86. The van der Waals surface area contributed by atoms with Gasteiger partial charge in [-0.3, -0.25) is 4.79 Å². The zero-order valence-electron chi connectivity index (χ0n) is 15.4. The van der Waals surface area contributed by atoms with Gasteiger partial charge in [0.1, 0.15) is 17.6 Å². The molecule has 0 aliphatic carbocycles. The third-order valence-electron chi connectivity index (χ3n) is 4.27. The molecule has 0 heterocycles. The molecule has 1 atom stereocenters. The van der Waals surface area contributed by atoms with Gasteiger partial charge in [0.15, 0.2) is 6.54 Å². The number of carbonyl (C=O) groups excluding carboxylic acids is 1. The molecule has 0 aromatic heterocycles. The van der Waals surface area contributed by atoms with Gasteiger partial charge in [0.25, 0.3) is 5.91 Å². The number of hydrogen-bond acceptors (Lipinski definition) is 2. The van der Waals surface area contributed by atoms with Crippen LogP contribution in [0.15, 0.2) is 78.9 Å². The van der Waals surface area contributed by atoms with Crippen molar-refractivity contribution in [1.29, 1.82) is 0 Å². The van der Waals surface area contributed by atoms with E-state index < -0.39 is 12.4 Å². The molecule has 3 aromatic rings. The van der Waals surface area contributed by atoms with E-state index in [1.165, 1.54) is 30.3 Å². The van der Waals surface area contributed by atoms with Crippen LogP contribution in [0.25, 0.3) is 0 Å². The first kappa shape index (κ1) is 20.4. The van der Waals surface area contributed by atoms with Crippen molar-refractivity contribution >= 4 is 11.6 Å². The predicted molar refractivity (Wildman–Crippen MR) is 103 cm³/mol. The minimum Gasteiger partial charge on any atom is -0.435 e. The van der Waals surface area contributed by atoms with E-state index in [9.17, 15) is 18.0 Å². The Labute approximate surface area is 166 Å². The molecule has 150 valence electrons. The first-order valence-corrected chi connectivity index (χ1v) is 9.00. The lowest BCUT2D eigenvalue weighted by atomic mass is 9.98. The smallest absolute Gasteiger partial charge is 0.387 e. The van der Waals surface area contributed by atoms with Crippen molar-refractivity contribution in [3.05, 3.63) is 95.8 Å². The number of halogens is 3. The molecule has 0 spiro atoms. The summed E-state index contributed by atoms with van der Waals surface area (Å²) in [5, 5.41) is 4.48. The number of nitrogens with one attached hydrogen (secondary N) is 1. The number of quaternary nitrogens is 1. The van der Waals surface area contributed by atoms with Crippen LogP contribution in [0, 0.1) is 5.82 Å². The number of amides is 1. The van der Waals surface area contributed by atoms with Gasteiger partial charge < -0.3 is 15.4 Å². The Hall–Kier alpha value is -3.32. The summed E-state index contributed by atoms with van der Waals surface area (Å²) in [6.45, 7) is -2.80. The molecule has 0 radical (unpaired) electrons. The fourth-order valence-corrected chi connectivity index (χ4v) is 2.98. The number of anilines is 1. The van der Waals surface area contributed by atoms with Crippen LogP contribution >= 0.6 is 0 Å². The van der Waals surface area contributed by atoms with Crippen molar-refractivity contribution in [2.24, 2.45) is 0 Å². The average Bonchev–Trinajstić information content (AvgIpc) is 2.70. The van der Waals surface area contributed by atoms with Crippen LogP contribution in [-0.4, -0.2) is 19.1 Å². The van der Waals surface area contributed by atoms with E-state index >= 15 is 0 Å². The summed E-state index contributed by atoms with van der Waals surface area (Å²) < 4.78 is 42.4. The van der Waals surface area contributed by atoms with Crippen molar-refractivity contribution in [2.75, 3.05) is 11.9 Å². The summed E-state index contributed by atoms with van der Waals surface area (Å²) in [5.41, 5.74) is 2.16. The fraction of sp³-hybridized carbons (Fsp3) is 0.136. The maximum Gasteiger partial charge on any atom is 0.387 e. The van der Waals surface area contributed by atoms with E-state index in [1.807, 2.05) is 35.6 Å². The second-order valence-corrected chi connectivity index (χ2v) is 6.33. The molecule has 0 saturated carbocycles. The number of alkyl halides is 2. The van der Waals surface area contributed by atoms with E-state index in [1.54, 1.807) is 18.2 Å². The highest BCUT2D eigenvalue weighted by Gasteiger charge is 2.19. The predicted octanol–water partition coefficient (Wildman–Crippen LogP) is 3.72. The summed E-state index contributed by atoms with van der Waals surface area (Å²) in [6, 6.07) is 21.3. The molecule has 0 aliphatic rings. The lowest BCUT2D eigenvalue weighted by Crippen LogP contribution is -2.87. The van der Waals surface area contributed by atoms with Crippen LogP contribution in [0.3, 0.4) is 0 Å². The van der Waals surface area contributed by atoms with Crippen LogP contribution in [0.1, 0.15) is 17.2 Å². The normalized spacial score (nSPS) is 11.9. The number of ether oxygens (including phenoxy) is 1. The van der Waals surface area contributed by atoms with Gasteiger partial charge in [-0.25, -0.2) is 4.39 Å². The van der Waals surface area contributed by atoms with Crippen molar-refractivity contribution in [1.82, 2.24) is 0 Å². The Bertz CT molecular complexity index is 934. The number of rotatable bonds is 8. The third kappa shape index (κ3) is 6.08. The minimum atomic E-state index is -2.89. The van der Waals surface area contributed by atoms with E-state index in [-0.39, 0.29) is 24.2 Å². The maximum absolute atomic E-state index is 13.3. The zero-order valence-corrected chi connectivity index (χ0v) is 15.4. The second kappa shape index (κ2) is 9.75. The highest BCUT2D eigenvalue weighted by atomic mass is 19.3. The summed E-state index contributed by atoms with van der Waals surface area (Å²) in [4.78, 5) is 12.3. The topological polar surface area (TPSA) is 54.9 Å². The molecule has 29 heavy (non-hydrogen) atoms. The highest BCUT2D eigenvalue weighted by Crippen LogP contribution is 2.22. The summed E-state index contributed by atoms with van der Waals surface area (Å²) in [6.07, 6.45) is 0. The minimum absolute atomic E-state index is 0.0689. The van der Waals surface area contributed by atoms with Gasteiger partial charge >= 0.3 is 6.61 Å². The van der Waals surface area contributed by atoms with Gasteiger partial charge in [-0.05, 0) is 42.5 Å². The molecular formula is C22H20F3N2O2+. The van der Waals surface area contributed by atoms with Crippen molar-refractivity contribution in [2.45, 2.75) is 12.7 Å². The van der Waals surface area contributed by atoms with Crippen LogP contribution in [-0.2, 0) is 4.79 Å². The zero-order chi connectivity index (χ0) is 20.6. The number of benzene rings is 3. The largest absolute Gasteiger partial charge is 0.435 e. The average molecular weight is 401 g/mol. The Morgan fingerprint density at radius 3 is 2.28 bits per heavy atom. The first-order chi connectivity index (χ1) is 14.0. The summed E-state index contributed by atoms with van der Waals surface area (Å²) in [5.74, 6) is -0.645. The standard InChI is InChI=1S/C22H19F3N2O2/c23-17-7-4-8-18(13-17)27-20(28)14-26-21(15-5-2-1-3-6-15)16-9-11-19(12-10-16)29-22(24)25/h1-13,21-22,26H,14H2,(H,27,28)/p+1/t21-/m1/s1. The van der Waals surface area contributed by atoms with Crippen LogP contribution in [0.2, 0.25) is 0 Å². The van der Waals surface area contributed by atoms with Crippen LogP contribution < -0.4 is 15.4 Å². The number of hydrogen-bond donors (Lipinski definition) is 2. The van der Waals surface area contributed by atoms with Crippen molar-refractivity contribution in [3.8, 4) is 5.75 Å². The molecule has 0 fully saturated rings. The summed E-state index contributed by atoms with van der Waals surface area (Å²) >= 11 is 0. The van der Waals surface area contributed by atoms with E-state index in [0.29, 0.717) is 5.69 Å². The molecule has 7 heteroatoms. The van der Waals surface area contributed by atoms with Gasteiger partial charge in [-0.1, -0.05) is 36.4 Å². The molecule has 4 nitrogen and oxygen atoms in total. The van der Waals surface area contributed by atoms with Gasteiger partial charge in [-0.2, -0.15) is 8.78 Å². The second-order valence-electron chi connectivity index (χ2n) is 6.33. The third-order valence-corrected chi connectivity index (χ3v) is 4.27. The van der Waals surface area contributed by atoms with Crippen molar-refractivity contribution in [3.63, 3.8) is 0 Å². The van der Waals surface area contributed by atoms with Gasteiger partial charge in [0.2, 0.25) is 0 Å². The van der Waals surface area contributed by atoms with Gasteiger partial charge in [0, 0.05) is 16.8 Å². The molecule has 0 saturated heterocycles. The number of nitrogens with two attached hydrogens (primary N) is 1. The lowest BCUT2D eigenvalue weighted by molar-refractivity contribution is -0.676. The molecule has 3 N–H and O–H groups in total. The molecular weight excluding hydrogens is 381 g/mol. The monoisotopic (exact) mass is 401 g/mol. The van der Waals surface area contributed by atoms with E-state index in [2.05, 4.69) is 10.1 Å². The van der Waals surface area contributed by atoms with Gasteiger partial charge in [-0.15, -0.1) is 0 Å². The first-order valence-electron chi connectivity index (χ1n) is 9.00. The lowest BCUT2D eigenvalue weighted by Gasteiger charge is -2.17. The van der Waals surface area contributed by atoms with E-state index in [4.69, 9.17) is 0 Å². The van der Waals surface area contributed by atoms with Crippen molar-refractivity contribution < 1.29 is 28.0 Å². The van der Waals surface area contributed by atoms with E-state index in [0.717, 1.165) is 11.1 Å². The van der Waals surface area contributed by atoms with Gasteiger partial charge in [0.05, 0.1) is 0 Å². The SMILES string of the molecule is O=C(C[NH2+][C@H](c1ccccc1)c1ccc(OC(F)F)cc1)Nc1cccc(F)c1. The maximum atomic E-state index is 13.3.